The molecule has 4 rings (SSSR count). The third kappa shape index (κ3) is 3.72. The minimum atomic E-state index is -0.473. The van der Waals surface area contributed by atoms with Crippen LogP contribution in [0, 0.1) is 0 Å². The first kappa shape index (κ1) is 19.5. The van der Waals surface area contributed by atoms with Crippen LogP contribution in [-0.2, 0) is 0 Å². The zero-order valence-corrected chi connectivity index (χ0v) is 16.9. The number of hydrogen-bond acceptors (Lipinski definition) is 7. The smallest absolute Gasteiger partial charge is 0.300 e. The molecule has 30 heavy (non-hydrogen) atoms. The number of ether oxygens (including phenoxy) is 2. The summed E-state index contributed by atoms with van der Waals surface area (Å²) in [6, 6.07) is 14.3. The van der Waals surface area contributed by atoms with Gasteiger partial charge in [0, 0.05) is 5.56 Å². The normalized spacial score (nSPS) is 11.6. The second kappa shape index (κ2) is 8.30. The summed E-state index contributed by atoms with van der Waals surface area (Å²) >= 11 is 1.10. The highest BCUT2D eigenvalue weighted by Crippen LogP contribution is 2.28. The third-order valence-electron chi connectivity index (χ3n) is 4.27. The Kier molecular flexibility index (Phi) is 5.40. The van der Waals surface area contributed by atoms with Crippen molar-refractivity contribution >= 4 is 22.4 Å². The third-order valence-corrected chi connectivity index (χ3v) is 5.23. The summed E-state index contributed by atoms with van der Waals surface area (Å²) in [6.45, 7) is 3.98. The Morgan fingerprint density at radius 1 is 1.13 bits per heavy atom. The Morgan fingerprint density at radius 2 is 1.93 bits per heavy atom. The summed E-state index contributed by atoms with van der Waals surface area (Å²) in [5, 5.41) is 4.25. The second-order valence-corrected chi connectivity index (χ2v) is 7.26. The Bertz CT molecular complexity index is 1390. The van der Waals surface area contributed by atoms with E-state index in [1.807, 2.05) is 12.1 Å². The van der Waals surface area contributed by atoms with Crippen LogP contribution in [0.4, 0.5) is 0 Å². The van der Waals surface area contributed by atoms with Gasteiger partial charge in [-0.05, 0) is 23.8 Å². The van der Waals surface area contributed by atoms with E-state index in [1.54, 1.807) is 55.7 Å². The van der Waals surface area contributed by atoms with Gasteiger partial charge in [-0.3, -0.25) is 9.59 Å². The van der Waals surface area contributed by atoms with Crippen LogP contribution in [0.25, 0.3) is 22.3 Å². The molecule has 150 valence electrons. The number of benzene rings is 2. The van der Waals surface area contributed by atoms with Crippen molar-refractivity contribution in [2.75, 3.05) is 13.7 Å². The van der Waals surface area contributed by atoms with Crippen LogP contribution in [0.5, 0.6) is 11.5 Å². The first-order valence-electron chi connectivity index (χ1n) is 9.03. The summed E-state index contributed by atoms with van der Waals surface area (Å²) in [7, 11) is 1.54. The standard InChI is InChI=1S/C22H17N3O4S/c1-3-11-29-16-10-9-14(12-17(16)28-2)13-18-21(27)25-22(30-18)23-20(26)19(24-25)15-7-5-4-6-8-15/h3-10,12-13H,1,11H2,2H3/b18-13-. The van der Waals surface area contributed by atoms with E-state index in [4.69, 9.17) is 9.47 Å². The van der Waals surface area contributed by atoms with E-state index in [0.717, 1.165) is 16.9 Å². The van der Waals surface area contributed by atoms with Gasteiger partial charge >= 0.3 is 5.56 Å². The SMILES string of the molecule is C=CCOc1ccc(/C=c2\sc3nc(=O)c(-c4ccccc4)nn3c2=O)cc1OC. The van der Waals surface area contributed by atoms with Gasteiger partial charge in [0.25, 0.3) is 5.56 Å². The van der Waals surface area contributed by atoms with Gasteiger partial charge in [-0.15, -0.1) is 0 Å². The zero-order chi connectivity index (χ0) is 21.1. The zero-order valence-electron chi connectivity index (χ0n) is 16.1. The molecule has 0 aliphatic carbocycles. The number of methoxy groups -OCH3 is 1. The van der Waals surface area contributed by atoms with E-state index in [1.165, 1.54) is 4.52 Å². The predicted octanol–water partition coefficient (Wildman–Crippen LogP) is 2.30. The molecule has 0 saturated carbocycles. The van der Waals surface area contributed by atoms with Gasteiger partial charge in [-0.1, -0.05) is 60.4 Å². The van der Waals surface area contributed by atoms with Crippen LogP contribution in [0.1, 0.15) is 5.56 Å². The second-order valence-electron chi connectivity index (χ2n) is 6.25. The van der Waals surface area contributed by atoms with E-state index in [-0.39, 0.29) is 16.2 Å². The summed E-state index contributed by atoms with van der Waals surface area (Å²) in [5.41, 5.74) is 0.679. The van der Waals surface area contributed by atoms with Crippen molar-refractivity contribution in [2.45, 2.75) is 0 Å². The molecule has 0 spiro atoms. The van der Waals surface area contributed by atoms with Gasteiger partial charge < -0.3 is 9.47 Å². The molecule has 0 saturated heterocycles. The van der Waals surface area contributed by atoms with Crippen LogP contribution in [0.2, 0.25) is 0 Å². The number of nitrogens with zero attached hydrogens (tertiary/aromatic N) is 3. The lowest BCUT2D eigenvalue weighted by molar-refractivity contribution is 0.326. The summed E-state index contributed by atoms with van der Waals surface area (Å²) in [5.74, 6) is 1.12. The van der Waals surface area contributed by atoms with E-state index >= 15 is 0 Å². The van der Waals surface area contributed by atoms with E-state index in [0.29, 0.717) is 28.2 Å². The summed E-state index contributed by atoms with van der Waals surface area (Å²) < 4.78 is 12.5. The number of thiazole rings is 1. The average molecular weight is 419 g/mol. The van der Waals surface area contributed by atoms with Gasteiger partial charge in [-0.25, -0.2) is 0 Å². The maximum absolute atomic E-state index is 12.9. The fourth-order valence-electron chi connectivity index (χ4n) is 2.88. The first-order valence-corrected chi connectivity index (χ1v) is 9.85. The van der Waals surface area contributed by atoms with Crippen molar-refractivity contribution in [3.05, 3.63) is 92.0 Å². The maximum Gasteiger partial charge on any atom is 0.300 e. The van der Waals surface area contributed by atoms with Crippen LogP contribution in [-0.4, -0.2) is 28.3 Å². The van der Waals surface area contributed by atoms with Crippen LogP contribution < -0.4 is 25.1 Å². The van der Waals surface area contributed by atoms with Crippen molar-refractivity contribution in [1.82, 2.24) is 14.6 Å². The molecular weight excluding hydrogens is 402 g/mol. The Labute approximate surface area is 175 Å². The molecule has 2 heterocycles. The molecule has 7 nitrogen and oxygen atoms in total. The molecule has 0 atom stereocenters. The summed E-state index contributed by atoms with van der Waals surface area (Å²) in [4.78, 5) is 29.5. The van der Waals surface area contributed by atoms with Crippen molar-refractivity contribution in [2.24, 2.45) is 0 Å². The maximum atomic E-state index is 12.9. The summed E-state index contributed by atoms with van der Waals surface area (Å²) in [6.07, 6.45) is 3.35. The molecule has 0 fully saturated rings. The largest absolute Gasteiger partial charge is 0.493 e. The molecule has 0 unspecified atom stereocenters. The van der Waals surface area contributed by atoms with Crippen molar-refractivity contribution in [3.8, 4) is 22.8 Å². The Morgan fingerprint density at radius 3 is 2.67 bits per heavy atom. The van der Waals surface area contributed by atoms with Gasteiger partial charge in [-0.2, -0.15) is 14.6 Å². The van der Waals surface area contributed by atoms with Gasteiger partial charge in [0.05, 0.1) is 11.6 Å². The molecular formula is C22H17N3O4S. The molecule has 0 radical (unpaired) electrons. The predicted molar refractivity (Wildman–Crippen MR) is 116 cm³/mol. The van der Waals surface area contributed by atoms with Crippen LogP contribution in [0.3, 0.4) is 0 Å². The van der Waals surface area contributed by atoms with Gasteiger partial charge in [0.15, 0.2) is 17.2 Å². The number of fused-ring (bicyclic) bond motifs is 1. The van der Waals surface area contributed by atoms with Crippen molar-refractivity contribution in [3.63, 3.8) is 0 Å². The molecule has 4 aromatic rings. The van der Waals surface area contributed by atoms with Crippen LogP contribution in [0.15, 0.2) is 70.8 Å². The number of aromatic nitrogens is 3. The van der Waals surface area contributed by atoms with Crippen molar-refractivity contribution < 1.29 is 9.47 Å². The number of rotatable bonds is 6. The van der Waals surface area contributed by atoms with E-state index < -0.39 is 5.56 Å². The molecule has 0 aliphatic heterocycles. The van der Waals surface area contributed by atoms with E-state index in [2.05, 4.69) is 16.7 Å². The lowest BCUT2D eigenvalue weighted by Crippen LogP contribution is -2.26. The molecule has 0 N–H and O–H groups in total. The monoisotopic (exact) mass is 419 g/mol. The lowest BCUT2D eigenvalue weighted by atomic mass is 10.2. The molecule has 2 aromatic heterocycles. The average Bonchev–Trinajstić information content (AvgIpc) is 3.06. The highest BCUT2D eigenvalue weighted by molar-refractivity contribution is 7.15. The fourth-order valence-corrected chi connectivity index (χ4v) is 3.78. The van der Waals surface area contributed by atoms with E-state index in [9.17, 15) is 9.59 Å². The quantitative estimate of drug-likeness (QED) is 0.446. The molecule has 8 heteroatoms. The highest BCUT2D eigenvalue weighted by Gasteiger charge is 2.13. The van der Waals surface area contributed by atoms with Gasteiger partial charge in [0.1, 0.15) is 6.61 Å². The Balaban J connectivity index is 1.81. The fraction of sp³-hybridized carbons (Fsp3) is 0.0909. The first-order chi connectivity index (χ1) is 14.6. The molecule has 0 aliphatic rings. The minimum Gasteiger partial charge on any atom is -0.493 e. The Hall–Kier alpha value is -3.78. The number of hydrogen-bond donors (Lipinski definition) is 0. The molecule has 2 aromatic carbocycles. The topological polar surface area (TPSA) is 82.8 Å². The minimum absolute atomic E-state index is 0.139. The molecule has 0 amide bonds. The van der Waals surface area contributed by atoms with Crippen LogP contribution >= 0.6 is 11.3 Å². The lowest BCUT2D eigenvalue weighted by Gasteiger charge is -2.09. The van der Waals surface area contributed by atoms with Gasteiger partial charge in [0.2, 0.25) is 4.96 Å². The molecule has 0 bridgehead atoms. The highest BCUT2D eigenvalue weighted by atomic mass is 32.1. The van der Waals surface area contributed by atoms with Crippen molar-refractivity contribution in [1.29, 1.82) is 0 Å².